The minimum Gasteiger partial charge on any atom is -0.362 e. The van der Waals surface area contributed by atoms with Gasteiger partial charge in [-0.2, -0.15) is 4.98 Å². The zero-order valence-corrected chi connectivity index (χ0v) is 13.0. The molecule has 1 amide bonds. The number of rotatable bonds is 6. The van der Waals surface area contributed by atoms with Crippen molar-refractivity contribution < 1.29 is 4.79 Å². The Morgan fingerprint density at radius 2 is 2.09 bits per heavy atom. The molecule has 7 nitrogen and oxygen atoms in total. The van der Waals surface area contributed by atoms with Crippen LogP contribution in [-0.4, -0.2) is 48.0 Å². The van der Waals surface area contributed by atoms with Crippen molar-refractivity contribution in [2.75, 3.05) is 37.4 Å². The Labute approximate surface area is 129 Å². The first-order valence-electron chi connectivity index (χ1n) is 7.01. The average Bonchev–Trinajstić information content (AvgIpc) is 2.53. The third-order valence-electron chi connectivity index (χ3n) is 2.99. The van der Waals surface area contributed by atoms with Crippen LogP contribution in [0.3, 0.4) is 0 Å². The maximum atomic E-state index is 11.8. The number of amides is 1. The van der Waals surface area contributed by atoms with Crippen LogP contribution in [0.2, 0.25) is 0 Å². The molecular weight excluding hydrogens is 280 g/mol. The van der Waals surface area contributed by atoms with Gasteiger partial charge in [0.15, 0.2) is 0 Å². The fourth-order valence-corrected chi connectivity index (χ4v) is 1.92. The van der Waals surface area contributed by atoms with Gasteiger partial charge in [-0.05, 0) is 19.1 Å². The topological polar surface area (TPSA) is 83.0 Å². The van der Waals surface area contributed by atoms with Crippen LogP contribution >= 0.6 is 0 Å². The van der Waals surface area contributed by atoms with Crippen LogP contribution in [0.1, 0.15) is 15.9 Å². The third-order valence-corrected chi connectivity index (χ3v) is 2.99. The van der Waals surface area contributed by atoms with E-state index in [0.717, 1.165) is 11.4 Å². The van der Waals surface area contributed by atoms with E-state index in [-0.39, 0.29) is 5.91 Å². The standard InChI is InChI=1S/C15H20N6O/c1-11-9-19-15(20-13(11)21(2)3)18-8-7-17-14(22)12-5-4-6-16-10-12/h4-6,9-10H,7-8H2,1-3H3,(H,17,22)(H,18,19,20). The Morgan fingerprint density at radius 3 is 2.77 bits per heavy atom. The maximum absolute atomic E-state index is 11.8. The lowest BCUT2D eigenvalue weighted by atomic mass is 10.3. The van der Waals surface area contributed by atoms with Crippen molar-refractivity contribution in [2.24, 2.45) is 0 Å². The van der Waals surface area contributed by atoms with E-state index < -0.39 is 0 Å². The van der Waals surface area contributed by atoms with Gasteiger partial charge < -0.3 is 15.5 Å². The third kappa shape index (κ3) is 4.15. The second-order valence-corrected chi connectivity index (χ2v) is 5.02. The zero-order valence-electron chi connectivity index (χ0n) is 13.0. The van der Waals surface area contributed by atoms with Crippen LogP contribution in [0, 0.1) is 6.92 Å². The molecule has 0 spiro atoms. The summed E-state index contributed by atoms with van der Waals surface area (Å²) in [5.74, 6) is 1.27. The highest BCUT2D eigenvalue weighted by Crippen LogP contribution is 2.14. The number of carbonyl (C=O) groups excluding carboxylic acids is 1. The minimum absolute atomic E-state index is 0.145. The number of pyridine rings is 1. The number of aryl methyl sites for hydroxylation is 1. The van der Waals surface area contributed by atoms with Crippen LogP contribution in [0.15, 0.2) is 30.7 Å². The Kier molecular flexibility index (Phi) is 5.24. The zero-order chi connectivity index (χ0) is 15.9. The largest absolute Gasteiger partial charge is 0.362 e. The lowest BCUT2D eigenvalue weighted by Crippen LogP contribution is -2.29. The Bertz CT molecular complexity index is 629. The van der Waals surface area contributed by atoms with Gasteiger partial charge in [0.1, 0.15) is 5.82 Å². The van der Waals surface area contributed by atoms with Gasteiger partial charge in [-0.1, -0.05) is 0 Å². The number of hydrogen-bond donors (Lipinski definition) is 2. The average molecular weight is 300 g/mol. The molecule has 0 saturated heterocycles. The van der Waals surface area contributed by atoms with Gasteiger partial charge >= 0.3 is 0 Å². The highest BCUT2D eigenvalue weighted by molar-refractivity contribution is 5.93. The Morgan fingerprint density at radius 1 is 1.27 bits per heavy atom. The van der Waals surface area contributed by atoms with Crippen LogP contribution in [0.25, 0.3) is 0 Å². The van der Waals surface area contributed by atoms with Crippen LogP contribution < -0.4 is 15.5 Å². The smallest absolute Gasteiger partial charge is 0.252 e. The van der Waals surface area contributed by atoms with Crippen molar-refractivity contribution in [2.45, 2.75) is 6.92 Å². The highest BCUT2D eigenvalue weighted by Gasteiger charge is 2.06. The quantitative estimate of drug-likeness (QED) is 0.777. The molecule has 116 valence electrons. The van der Waals surface area contributed by atoms with Crippen molar-refractivity contribution in [3.63, 3.8) is 0 Å². The summed E-state index contributed by atoms with van der Waals surface area (Å²) in [6, 6.07) is 3.46. The predicted molar refractivity (Wildman–Crippen MR) is 86.2 cm³/mol. The second kappa shape index (κ2) is 7.35. The van der Waals surface area contributed by atoms with Gasteiger partial charge in [0.2, 0.25) is 5.95 Å². The van der Waals surface area contributed by atoms with E-state index in [2.05, 4.69) is 25.6 Å². The van der Waals surface area contributed by atoms with Gasteiger partial charge in [0.25, 0.3) is 5.91 Å². The Hall–Kier alpha value is -2.70. The molecule has 0 unspecified atom stereocenters. The molecule has 2 aromatic rings. The molecule has 22 heavy (non-hydrogen) atoms. The molecule has 0 aliphatic heterocycles. The monoisotopic (exact) mass is 300 g/mol. The fraction of sp³-hybridized carbons (Fsp3) is 0.333. The van der Waals surface area contributed by atoms with E-state index >= 15 is 0 Å². The van der Waals surface area contributed by atoms with Crippen LogP contribution in [0.4, 0.5) is 11.8 Å². The molecule has 7 heteroatoms. The van der Waals surface area contributed by atoms with E-state index in [1.54, 1.807) is 24.5 Å². The van der Waals surface area contributed by atoms with Gasteiger partial charge in [0.05, 0.1) is 5.56 Å². The van der Waals surface area contributed by atoms with E-state index in [1.165, 1.54) is 6.20 Å². The molecule has 0 saturated carbocycles. The highest BCUT2D eigenvalue weighted by atomic mass is 16.1. The SMILES string of the molecule is Cc1cnc(NCCNC(=O)c2cccnc2)nc1N(C)C. The first-order chi connectivity index (χ1) is 10.6. The van der Waals surface area contributed by atoms with Gasteiger partial charge in [-0.25, -0.2) is 4.98 Å². The summed E-state index contributed by atoms with van der Waals surface area (Å²) in [5.41, 5.74) is 1.56. The molecule has 0 fully saturated rings. The molecule has 2 aromatic heterocycles. The summed E-state index contributed by atoms with van der Waals surface area (Å²) in [6.45, 7) is 2.98. The molecule has 0 aliphatic carbocycles. The van der Waals surface area contributed by atoms with Crippen LogP contribution in [0.5, 0.6) is 0 Å². The number of hydrogen-bond acceptors (Lipinski definition) is 6. The number of aromatic nitrogens is 3. The molecule has 0 aliphatic rings. The number of nitrogens with one attached hydrogen (secondary N) is 2. The lowest BCUT2D eigenvalue weighted by Gasteiger charge is -2.15. The molecule has 2 heterocycles. The molecule has 0 aromatic carbocycles. The lowest BCUT2D eigenvalue weighted by molar-refractivity contribution is 0.0955. The van der Waals surface area contributed by atoms with Crippen LogP contribution in [-0.2, 0) is 0 Å². The van der Waals surface area contributed by atoms with Crippen molar-refractivity contribution in [3.05, 3.63) is 41.9 Å². The second-order valence-electron chi connectivity index (χ2n) is 5.02. The summed E-state index contributed by atoms with van der Waals surface area (Å²) < 4.78 is 0. The van der Waals surface area contributed by atoms with Crippen molar-refractivity contribution in [1.82, 2.24) is 20.3 Å². The molecule has 2 N–H and O–H groups in total. The predicted octanol–water partition coefficient (Wildman–Crippen LogP) is 1.09. The molecule has 0 bridgehead atoms. The molecule has 0 radical (unpaired) electrons. The van der Waals surface area contributed by atoms with E-state index in [1.807, 2.05) is 25.9 Å². The van der Waals surface area contributed by atoms with Crippen molar-refractivity contribution in [3.8, 4) is 0 Å². The van der Waals surface area contributed by atoms with Gasteiger partial charge in [-0.3, -0.25) is 9.78 Å². The summed E-state index contributed by atoms with van der Waals surface area (Å²) in [4.78, 5) is 26.3. The summed E-state index contributed by atoms with van der Waals surface area (Å²) in [7, 11) is 3.88. The number of anilines is 2. The molecule has 2 rings (SSSR count). The van der Waals surface area contributed by atoms with E-state index in [4.69, 9.17) is 0 Å². The summed E-state index contributed by atoms with van der Waals surface area (Å²) in [5, 5.41) is 5.91. The maximum Gasteiger partial charge on any atom is 0.252 e. The van der Waals surface area contributed by atoms with Gasteiger partial charge in [0, 0.05) is 51.3 Å². The minimum atomic E-state index is -0.145. The first-order valence-corrected chi connectivity index (χ1v) is 7.01. The summed E-state index contributed by atoms with van der Waals surface area (Å²) >= 11 is 0. The Balaban J connectivity index is 1.82. The number of carbonyl (C=O) groups is 1. The fourth-order valence-electron chi connectivity index (χ4n) is 1.92. The normalized spacial score (nSPS) is 10.1. The van der Waals surface area contributed by atoms with E-state index in [9.17, 15) is 4.79 Å². The molecular formula is C15H20N6O. The number of nitrogens with zero attached hydrogens (tertiary/aromatic N) is 4. The van der Waals surface area contributed by atoms with Crippen molar-refractivity contribution in [1.29, 1.82) is 0 Å². The van der Waals surface area contributed by atoms with Gasteiger partial charge in [-0.15, -0.1) is 0 Å². The molecule has 0 atom stereocenters. The summed E-state index contributed by atoms with van der Waals surface area (Å²) in [6.07, 6.45) is 4.95. The van der Waals surface area contributed by atoms with E-state index in [0.29, 0.717) is 24.6 Å². The first kappa shape index (κ1) is 15.7. The van der Waals surface area contributed by atoms with Crippen molar-refractivity contribution >= 4 is 17.7 Å².